The summed E-state index contributed by atoms with van der Waals surface area (Å²) in [6.07, 6.45) is 6.30. The van der Waals surface area contributed by atoms with E-state index in [4.69, 9.17) is 0 Å². The molecular weight excluding hydrogens is 268 g/mol. The van der Waals surface area contributed by atoms with E-state index < -0.39 is 11.4 Å². The summed E-state index contributed by atoms with van der Waals surface area (Å²) in [5, 5.41) is 12.5. The van der Waals surface area contributed by atoms with Crippen molar-refractivity contribution in [2.24, 2.45) is 11.3 Å². The van der Waals surface area contributed by atoms with Crippen LogP contribution in [-0.2, 0) is 4.79 Å². The molecule has 2 fully saturated rings. The Hall–Kier alpha value is -1.26. The third-order valence-electron chi connectivity index (χ3n) is 4.98. The van der Waals surface area contributed by atoms with Crippen molar-refractivity contribution >= 4 is 12.0 Å². The number of rotatable bonds is 6. The molecule has 0 aromatic carbocycles. The Morgan fingerprint density at radius 2 is 1.86 bits per heavy atom. The fourth-order valence-corrected chi connectivity index (χ4v) is 3.20. The van der Waals surface area contributed by atoms with E-state index in [-0.39, 0.29) is 12.6 Å². The van der Waals surface area contributed by atoms with Gasteiger partial charge in [-0.2, -0.15) is 0 Å². The Labute approximate surface area is 127 Å². The number of carboxylic acid groups (broad SMARTS) is 1. The Bertz CT molecular complexity index is 385. The second-order valence-electron chi connectivity index (χ2n) is 6.85. The predicted molar refractivity (Wildman–Crippen MR) is 81.1 cm³/mol. The van der Waals surface area contributed by atoms with Crippen molar-refractivity contribution in [3.63, 3.8) is 0 Å². The minimum Gasteiger partial charge on any atom is -0.481 e. The maximum Gasteiger partial charge on any atom is 0.317 e. The molecule has 2 aliphatic carbocycles. The van der Waals surface area contributed by atoms with Crippen LogP contribution < -0.4 is 5.32 Å². The van der Waals surface area contributed by atoms with Gasteiger partial charge in [-0.3, -0.25) is 4.79 Å². The van der Waals surface area contributed by atoms with Crippen molar-refractivity contribution in [1.29, 1.82) is 0 Å². The van der Waals surface area contributed by atoms with Crippen molar-refractivity contribution in [1.82, 2.24) is 10.2 Å². The third kappa shape index (κ3) is 3.89. The van der Waals surface area contributed by atoms with Gasteiger partial charge in [0.1, 0.15) is 0 Å². The summed E-state index contributed by atoms with van der Waals surface area (Å²) in [5.74, 6) is -0.167. The van der Waals surface area contributed by atoms with Gasteiger partial charge in [0.15, 0.2) is 0 Å². The highest BCUT2D eigenvalue weighted by Crippen LogP contribution is 2.38. The van der Waals surface area contributed by atoms with Crippen LogP contribution in [-0.4, -0.2) is 41.1 Å². The predicted octanol–water partition coefficient (Wildman–Crippen LogP) is 2.85. The molecule has 21 heavy (non-hydrogen) atoms. The van der Waals surface area contributed by atoms with Gasteiger partial charge < -0.3 is 15.3 Å². The van der Waals surface area contributed by atoms with Crippen LogP contribution in [0, 0.1) is 11.3 Å². The van der Waals surface area contributed by atoms with Crippen molar-refractivity contribution in [2.45, 2.75) is 64.8 Å². The first kappa shape index (κ1) is 16.1. The van der Waals surface area contributed by atoms with E-state index in [0.29, 0.717) is 24.8 Å². The summed E-state index contributed by atoms with van der Waals surface area (Å²) in [6.45, 7) is 5.25. The first-order valence-corrected chi connectivity index (χ1v) is 8.26. The van der Waals surface area contributed by atoms with Gasteiger partial charge in [0.05, 0.1) is 5.41 Å². The zero-order valence-electron chi connectivity index (χ0n) is 13.2. The fraction of sp³-hybridized carbons (Fsp3) is 0.875. The molecule has 5 nitrogen and oxygen atoms in total. The molecule has 0 unspecified atom stereocenters. The van der Waals surface area contributed by atoms with Crippen molar-refractivity contribution < 1.29 is 14.7 Å². The van der Waals surface area contributed by atoms with E-state index >= 15 is 0 Å². The number of aliphatic carboxylic acids is 1. The molecule has 2 rings (SSSR count). The molecule has 0 atom stereocenters. The van der Waals surface area contributed by atoms with E-state index in [0.717, 1.165) is 38.6 Å². The number of hydrogen-bond acceptors (Lipinski definition) is 2. The number of amides is 2. The van der Waals surface area contributed by atoms with E-state index in [9.17, 15) is 14.7 Å². The first-order valence-electron chi connectivity index (χ1n) is 8.26. The smallest absolute Gasteiger partial charge is 0.317 e. The van der Waals surface area contributed by atoms with Gasteiger partial charge in [-0.25, -0.2) is 4.79 Å². The zero-order chi connectivity index (χ0) is 15.5. The molecule has 2 N–H and O–H groups in total. The number of carboxylic acids is 1. The largest absolute Gasteiger partial charge is 0.481 e. The summed E-state index contributed by atoms with van der Waals surface area (Å²) in [5.41, 5.74) is -0.760. The molecule has 0 aliphatic heterocycles. The number of urea groups is 1. The SMILES string of the molecule is CCCN(C(=O)NCC1(C(=O)O)CCC(C)CC1)C1CC1. The van der Waals surface area contributed by atoms with Gasteiger partial charge in [0.2, 0.25) is 0 Å². The molecule has 0 radical (unpaired) electrons. The van der Waals surface area contributed by atoms with Gasteiger partial charge in [0, 0.05) is 19.1 Å². The lowest BCUT2D eigenvalue weighted by Gasteiger charge is -2.36. The number of nitrogens with zero attached hydrogens (tertiary/aromatic N) is 1. The summed E-state index contributed by atoms with van der Waals surface area (Å²) >= 11 is 0. The lowest BCUT2D eigenvalue weighted by molar-refractivity contribution is -0.151. The monoisotopic (exact) mass is 296 g/mol. The van der Waals surface area contributed by atoms with E-state index in [2.05, 4.69) is 19.2 Å². The summed E-state index contributed by atoms with van der Waals surface area (Å²) in [6, 6.07) is 0.288. The highest BCUT2D eigenvalue weighted by atomic mass is 16.4. The van der Waals surface area contributed by atoms with Gasteiger partial charge in [-0.1, -0.05) is 13.8 Å². The summed E-state index contributed by atoms with van der Waals surface area (Å²) in [4.78, 5) is 25.9. The number of carbonyl (C=O) groups is 2. The normalized spacial score (nSPS) is 29.0. The molecule has 0 aromatic heterocycles. The molecule has 5 heteroatoms. The van der Waals surface area contributed by atoms with Gasteiger partial charge in [0.25, 0.3) is 0 Å². The highest BCUT2D eigenvalue weighted by Gasteiger charge is 2.42. The second kappa shape index (κ2) is 6.67. The molecule has 0 heterocycles. The quantitative estimate of drug-likeness (QED) is 0.792. The van der Waals surface area contributed by atoms with Crippen LogP contribution in [0.15, 0.2) is 0 Å². The van der Waals surface area contributed by atoms with Crippen LogP contribution in [0.5, 0.6) is 0 Å². The standard InChI is InChI=1S/C16H28N2O3/c1-3-10-18(13-4-5-13)15(21)17-11-16(14(19)20)8-6-12(2)7-9-16/h12-13H,3-11H2,1-2H3,(H,17,21)(H,19,20). The maximum absolute atomic E-state index is 12.3. The van der Waals surface area contributed by atoms with Crippen LogP contribution in [0.2, 0.25) is 0 Å². The lowest BCUT2D eigenvalue weighted by Crippen LogP contribution is -2.49. The summed E-state index contributed by atoms with van der Waals surface area (Å²) < 4.78 is 0. The Balaban J connectivity index is 1.92. The van der Waals surface area contributed by atoms with Crippen molar-refractivity contribution in [3.8, 4) is 0 Å². The molecule has 2 amide bonds. The Morgan fingerprint density at radius 1 is 1.24 bits per heavy atom. The number of carbonyl (C=O) groups excluding carboxylic acids is 1. The number of nitrogens with one attached hydrogen (secondary N) is 1. The molecular formula is C16H28N2O3. The van der Waals surface area contributed by atoms with Crippen LogP contribution >= 0.6 is 0 Å². The molecule has 0 saturated heterocycles. The molecule has 120 valence electrons. The number of hydrogen-bond donors (Lipinski definition) is 2. The van der Waals surface area contributed by atoms with Gasteiger partial charge in [-0.15, -0.1) is 0 Å². The minimum absolute atomic E-state index is 0.0846. The lowest BCUT2D eigenvalue weighted by atomic mass is 9.71. The molecule has 2 saturated carbocycles. The van der Waals surface area contributed by atoms with Crippen LogP contribution in [0.3, 0.4) is 0 Å². The summed E-state index contributed by atoms with van der Waals surface area (Å²) in [7, 11) is 0. The molecule has 0 spiro atoms. The first-order chi connectivity index (χ1) is 9.98. The Morgan fingerprint density at radius 3 is 2.33 bits per heavy atom. The third-order valence-corrected chi connectivity index (χ3v) is 4.98. The van der Waals surface area contributed by atoms with Gasteiger partial charge >= 0.3 is 12.0 Å². The molecule has 0 bridgehead atoms. The maximum atomic E-state index is 12.3. The van der Waals surface area contributed by atoms with E-state index in [1.54, 1.807) is 0 Å². The average Bonchev–Trinajstić information content (AvgIpc) is 3.28. The minimum atomic E-state index is -0.761. The van der Waals surface area contributed by atoms with Gasteiger partial charge in [-0.05, 0) is 50.9 Å². The molecule has 0 aromatic rings. The second-order valence-corrected chi connectivity index (χ2v) is 6.85. The van der Waals surface area contributed by atoms with E-state index in [1.807, 2.05) is 4.90 Å². The van der Waals surface area contributed by atoms with Crippen LogP contribution in [0.1, 0.15) is 58.8 Å². The van der Waals surface area contributed by atoms with Crippen molar-refractivity contribution in [3.05, 3.63) is 0 Å². The van der Waals surface area contributed by atoms with Crippen molar-refractivity contribution in [2.75, 3.05) is 13.1 Å². The topological polar surface area (TPSA) is 69.6 Å². The van der Waals surface area contributed by atoms with Crippen LogP contribution in [0.4, 0.5) is 4.79 Å². The van der Waals surface area contributed by atoms with E-state index in [1.165, 1.54) is 0 Å². The Kier molecular flexibility index (Phi) is 5.12. The average molecular weight is 296 g/mol. The fourth-order valence-electron chi connectivity index (χ4n) is 3.20. The highest BCUT2D eigenvalue weighted by molar-refractivity contribution is 5.78. The molecule has 2 aliphatic rings. The zero-order valence-corrected chi connectivity index (χ0v) is 13.2. The van der Waals surface area contributed by atoms with Crippen LogP contribution in [0.25, 0.3) is 0 Å².